The monoisotopic (exact) mass is 299 g/mol. The number of anilines is 1. The quantitative estimate of drug-likeness (QED) is 0.574. The Kier molecular flexibility index (Phi) is 3.79. The second-order valence-corrected chi connectivity index (χ2v) is 5.64. The average molecular weight is 299 g/mol. The zero-order valence-electron chi connectivity index (χ0n) is 11.2. The van der Waals surface area contributed by atoms with Crippen LogP contribution in [0.15, 0.2) is 48.5 Å². The van der Waals surface area contributed by atoms with E-state index in [2.05, 4.69) is 10.3 Å². The van der Waals surface area contributed by atoms with E-state index in [9.17, 15) is 10.1 Å². The molecule has 0 unspecified atom stereocenters. The minimum absolute atomic E-state index is 0.0989. The fraction of sp³-hybridized carbons (Fsp3) is 0.133. The molecule has 0 saturated heterocycles. The van der Waals surface area contributed by atoms with Gasteiger partial charge in [-0.3, -0.25) is 10.1 Å². The van der Waals surface area contributed by atoms with Gasteiger partial charge < -0.3 is 5.32 Å². The first-order valence-electron chi connectivity index (χ1n) is 6.56. The number of nitro benzene ring substituents is 1. The molecule has 1 aromatic heterocycles. The third-order valence-corrected chi connectivity index (χ3v) is 4.19. The molecule has 6 heteroatoms. The Labute approximate surface area is 125 Å². The van der Waals surface area contributed by atoms with Gasteiger partial charge in [0.05, 0.1) is 20.1 Å². The first kappa shape index (κ1) is 13.5. The maximum Gasteiger partial charge on any atom is 0.292 e. The highest BCUT2D eigenvalue weighted by atomic mass is 32.1. The van der Waals surface area contributed by atoms with Gasteiger partial charge in [0, 0.05) is 19.0 Å². The number of nitrogens with zero attached hydrogens (tertiary/aromatic N) is 2. The van der Waals surface area contributed by atoms with Crippen molar-refractivity contribution in [2.45, 2.75) is 6.42 Å². The molecule has 1 heterocycles. The summed E-state index contributed by atoms with van der Waals surface area (Å²) in [7, 11) is 0. The summed E-state index contributed by atoms with van der Waals surface area (Å²) in [4.78, 5) is 15.1. The van der Waals surface area contributed by atoms with Crippen molar-refractivity contribution in [1.29, 1.82) is 0 Å². The molecule has 3 aromatic rings. The van der Waals surface area contributed by atoms with E-state index in [1.54, 1.807) is 29.5 Å². The Bertz CT molecular complexity index is 752. The largest absolute Gasteiger partial charge is 0.379 e. The Hall–Kier alpha value is -2.47. The third-order valence-electron chi connectivity index (χ3n) is 3.09. The molecule has 0 bridgehead atoms. The van der Waals surface area contributed by atoms with Crippen LogP contribution in [-0.2, 0) is 6.42 Å². The molecule has 106 valence electrons. The Morgan fingerprint density at radius 2 is 1.90 bits per heavy atom. The van der Waals surface area contributed by atoms with Crippen LogP contribution in [-0.4, -0.2) is 16.5 Å². The van der Waals surface area contributed by atoms with E-state index in [1.165, 1.54) is 6.07 Å². The van der Waals surface area contributed by atoms with Gasteiger partial charge in [-0.15, -0.1) is 11.3 Å². The number of para-hydroxylation sites is 3. The molecule has 21 heavy (non-hydrogen) atoms. The number of rotatable bonds is 5. The normalized spacial score (nSPS) is 10.7. The highest BCUT2D eigenvalue weighted by Gasteiger charge is 2.11. The second kappa shape index (κ2) is 5.88. The summed E-state index contributed by atoms with van der Waals surface area (Å²) in [6.45, 7) is 0.616. The van der Waals surface area contributed by atoms with E-state index >= 15 is 0 Å². The van der Waals surface area contributed by atoms with E-state index in [4.69, 9.17) is 0 Å². The van der Waals surface area contributed by atoms with Crippen LogP contribution in [0, 0.1) is 10.1 Å². The van der Waals surface area contributed by atoms with Gasteiger partial charge in [-0.1, -0.05) is 24.3 Å². The first-order valence-corrected chi connectivity index (χ1v) is 7.37. The van der Waals surface area contributed by atoms with Crippen molar-refractivity contribution < 1.29 is 4.92 Å². The Morgan fingerprint density at radius 1 is 1.14 bits per heavy atom. The van der Waals surface area contributed by atoms with Gasteiger partial charge in [0.15, 0.2) is 0 Å². The Morgan fingerprint density at radius 3 is 2.71 bits per heavy atom. The van der Waals surface area contributed by atoms with Gasteiger partial charge in [-0.25, -0.2) is 4.98 Å². The van der Waals surface area contributed by atoms with Crippen molar-refractivity contribution in [3.63, 3.8) is 0 Å². The van der Waals surface area contributed by atoms with Crippen molar-refractivity contribution >= 4 is 32.9 Å². The van der Waals surface area contributed by atoms with Gasteiger partial charge in [0.25, 0.3) is 5.69 Å². The molecule has 0 saturated carbocycles. The number of fused-ring (bicyclic) bond motifs is 1. The van der Waals surface area contributed by atoms with Crippen molar-refractivity contribution in [1.82, 2.24) is 4.98 Å². The topological polar surface area (TPSA) is 68.1 Å². The van der Waals surface area contributed by atoms with Crippen molar-refractivity contribution in [3.8, 4) is 0 Å². The van der Waals surface area contributed by atoms with Crippen molar-refractivity contribution in [2.75, 3.05) is 11.9 Å². The number of nitrogens with one attached hydrogen (secondary N) is 1. The SMILES string of the molecule is O=[N+]([O-])c1ccccc1NCCc1nc2ccccc2s1. The first-order chi connectivity index (χ1) is 10.2. The minimum atomic E-state index is -0.375. The molecule has 2 aromatic carbocycles. The smallest absolute Gasteiger partial charge is 0.292 e. The van der Waals surface area contributed by atoms with E-state index < -0.39 is 0 Å². The van der Waals surface area contributed by atoms with Crippen LogP contribution in [0.4, 0.5) is 11.4 Å². The molecule has 0 aliphatic heterocycles. The standard InChI is InChI=1S/C15H13N3O2S/c19-18(20)13-7-3-1-5-11(13)16-10-9-15-17-12-6-2-4-8-14(12)21-15/h1-8,16H,9-10H2. The number of thiazole rings is 1. The molecule has 0 aliphatic rings. The summed E-state index contributed by atoms with van der Waals surface area (Å²) in [6.07, 6.45) is 0.741. The molecule has 0 amide bonds. The summed E-state index contributed by atoms with van der Waals surface area (Å²) in [6, 6.07) is 14.7. The molecule has 0 atom stereocenters. The fourth-order valence-electron chi connectivity index (χ4n) is 2.11. The van der Waals surface area contributed by atoms with Crippen LogP contribution in [0.25, 0.3) is 10.2 Å². The van der Waals surface area contributed by atoms with E-state index in [1.807, 2.05) is 24.3 Å². The molecule has 0 fully saturated rings. The number of hydrogen-bond donors (Lipinski definition) is 1. The minimum Gasteiger partial charge on any atom is -0.379 e. The molecular formula is C15H13N3O2S. The van der Waals surface area contributed by atoms with Gasteiger partial charge in [-0.05, 0) is 18.2 Å². The van der Waals surface area contributed by atoms with Crippen molar-refractivity contribution in [3.05, 3.63) is 63.7 Å². The molecule has 0 radical (unpaired) electrons. The van der Waals surface area contributed by atoms with Crippen LogP contribution in [0.2, 0.25) is 0 Å². The van der Waals surface area contributed by atoms with Crippen molar-refractivity contribution in [2.24, 2.45) is 0 Å². The lowest BCUT2D eigenvalue weighted by atomic mass is 10.2. The lowest BCUT2D eigenvalue weighted by Gasteiger charge is -2.05. The lowest BCUT2D eigenvalue weighted by molar-refractivity contribution is -0.384. The highest BCUT2D eigenvalue weighted by molar-refractivity contribution is 7.18. The lowest BCUT2D eigenvalue weighted by Crippen LogP contribution is -2.06. The van der Waals surface area contributed by atoms with Gasteiger partial charge >= 0.3 is 0 Å². The number of nitro groups is 1. The Balaban J connectivity index is 1.67. The summed E-state index contributed by atoms with van der Waals surface area (Å²) in [5.41, 5.74) is 1.65. The zero-order chi connectivity index (χ0) is 14.7. The van der Waals surface area contributed by atoms with Crippen LogP contribution in [0.1, 0.15) is 5.01 Å². The van der Waals surface area contributed by atoms with Crippen LogP contribution in [0.3, 0.4) is 0 Å². The van der Waals surface area contributed by atoms with E-state index in [0.717, 1.165) is 21.6 Å². The van der Waals surface area contributed by atoms with Gasteiger partial charge in [0.2, 0.25) is 0 Å². The molecule has 5 nitrogen and oxygen atoms in total. The van der Waals surface area contributed by atoms with Crippen LogP contribution >= 0.6 is 11.3 Å². The number of aromatic nitrogens is 1. The maximum atomic E-state index is 10.9. The number of benzene rings is 2. The number of hydrogen-bond acceptors (Lipinski definition) is 5. The van der Waals surface area contributed by atoms with E-state index in [0.29, 0.717) is 12.2 Å². The van der Waals surface area contributed by atoms with Crippen LogP contribution < -0.4 is 5.32 Å². The fourth-order valence-corrected chi connectivity index (χ4v) is 3.08. The summed E-state index contributed by atoms with van der Waals surface area (Å²) in [5, 5.41) is 15.1. The predicted molar refractivity (Wildman–Crippen MR) is 84.9 cm³/mol. The maximum absolute atomic E-state index is 10.9. The molecule has 0 spiro atoms. The second-order valence-electron chi connectivity index (χ2n) is 4.53. The summed E-state index contributed by atoms with van der Waals surface area (Å²) in [5.74, 6) is 0. The molecular weight excluding hydrogens is 286 g/mol. The molecule has 0 aliphatic carbocycles. The summed E-state index contributed by atoms with van der Waals surface area (Å²) < 4.78 is 1.16. The zero-order valence-corrected chi connectivity index (χ0v) is 12.0. The van der Waals surface area contributed by atoms with E-state index in [-0.39, 0.29) is 10.6 Å². The molecule has 1 N–H and O–H groups in total. The van der Waals surface area contributed by atoms with Crippen LogP contribution in [0.5, 0.6) is 0 Å². The third kappa shape index (κ3) is 3.00. The molecule has 3 rings (SSSR count). The average Bonchev–Trinajstić information content (AvgIpc) is 2.90. The van der Waals surface area contributed by atoms with Gasteiger partial charge in [-0.2, -0.15) is 0 Å². The van der Waals surface area contributed by atoms with Gasteiger partial charge in [0.1, 0.15) is 5.69 Å². The highest BCUT2D eigenvalue weighted by Crippen LogP contribution is 2.24. The predicted octanol–water partition coefficient (Wildman–Crippen LogP) is 3.86. The summed E-state index contributed by atoms with van der Waals surface area (Å²) >= 11 is 1.66.